The molecule has 0 aliphatic heterocycles. The van der Waals surface area contributed by atoms with Crippen molar-refractivity contribution < 1.29 is 64.9 Å². The van der Waals surface area contributed by atoms with Gasteiger partial charge in [0.25, 0.3) is 0 Å². The first kappa shape index (κ1) is 26.8. The van der Waals surface area contributed by atoms with E-state index in [1.807, 2.05) is 0 Å². The predicted molar refractivity (Wildman–Crippen MR) is 87.7 cm³/mol. The molecule has 0 aromatic rings. The molecule has 0 aliphatic rings. The summed E-state index contributed by atoms with van der Waals surface area (Å²) in [5, 5.41) is 19.0. The van der Waals surface area contributed by atoms with E-state index >= 15 is 0 Å². The molecule has 140 valence electrons. The zero-order valence-corrected chi connectivity index (χ0v) is 17.8. The van der Waals surface area contributed by atoms with E-state index in [1.165, 1.54) is 32.1 Å². The third-order valence-corrected chi connectivity index (χ3v) is 4.19. The van der Waals surface area contributed by atoms with E-state index in [9.17, 15) is 14.5 Å². The van der Waals surface area contributed by atoms with Gasteiger partial charge in [-0.05, 0) is 12.8 Å². The summed E-state index contributed by atoms with van der Waals surface area (Å²) < 4.78 is 14.5. The second kappa shape index (κ2) is 14.7. The molecule has 0 saturated heterocycles. The monoisotopic (exact) mass is 378 g/mol. The van der Waals surface area contributed by atoms with Gasteiger partial charge in [-0.15, -0.1) is 0 Å². The zero-order chi connectivity index (χ0) is 17.8. The summed E-state index contributed by atoms with van der Waals surface area (Å²) >= 11 is 0. The largest absolute Gasteiger partial charge is 1.00 e. The van der Waals surface area contributed by atoms with Crippen LogP contribution < -0.4 is 29.6 Å². The first-order valence-electron chi connectivity index (χ1n) is 8.38. The van der Waals surface area contributed by atoms with Gasteiger partial charge in [-0.3, -0.25) is 9.79 Å². The van der Waals surface area contributed by atoms with E-state index in [4.69, 9.17) is 14.9 Å². The second-order valence-electron chi connectivity index (χ2n) is 5.99. The molecule has 7 nitrogen and oxygen atoms in total. The topological polar surface area (TPSA) is 124 Å². The van der Waals surface area contributed by atoms with E-state index < -0.39 is 26.0 Å². The Hall–Kier alpha value is 0.540. The van der Waals surface area contributed by atoms with Crippen molar-refractivity contribution >= 4 is 13.8 Å². The Morgan fingerprint density at radius 2 is 1.42 bits per heavy atom. The number of hydrogen-bond donors (Lipinski definition) is 4. The minimum Gasteiger partial charge on any atom is -1.00 e. The predicted octanol–water partition coefficient (Wildman–Crippen LogP) is -0.227. The smallest absolute Gasteiger partial charge is 1.00 e. The van der Waals surface area contributed by atoms with Crippen LogP contribution in [-0.2, 0) is 13.9 Å². The normalized spacial score (nSPS) is 13.9. The summed E-state index contributed by atoms with van der Waals surface area (Å²) in [6, 6.07) is 0. The van der Waals surface area contributed by atoms with Crippen molar-refractivity contribution in [3.05, 3.63) is 0 Å². The van der Waals surface area contributed by atoms with Gasteiger partial charge in [0.1, 0.15) is 0 Å². The molecule has 24 heavy (non-hydrogen) atoms. The van der Waals surface area contributed by atoms with Gasteiger partial charge in [-0.1, -0.05) is 64.7 Å². The SMILES string of the molecule is CCCCCCCCCCCCC(O)(CO)C(=O)OP(=O)(O)O.[H-].[Na+]. The summed E-state index contributed by atoms with van der Waals surface area (Å²) in [6.07, 6.45) is 10.6. The third kappa shape index (κ3) is 13.8. The molecule has 9 heteroatoms. The molecule has 0 heterocycles. The minimum absolute atomic E-state index is 0. The second-order valence-corrected chi connectivity index (χ2v) is 7.15. The van der Waals surface area contributed by atoms with Crippen molar-refractivity contribution in [2.75, 3.05) is 6.61 Å². The molecular weight excluding hydrogens is 346 g/mol. The van der Waals surface area contributed by atoms with Crippen LogP contribution in [0.25, 0.3) is 0 Å². The maximum Gasteiger partial charge on any atom is 1.00 e. The molecule has 0 aromatic carbocycles. The number of aliphatic hydroxyl groups excluding tert-OH is 1. The molecule has 0 aliphatic carbocycles. The van der Waals surface area contributed by atoms with Crippen LogP contribution in [0.4, 0.5) is 0 Å². The van der Waals surface area contributed by atoms with Gasteiger partial charge in [0.15, 0.2) is 5.60 Å². The van der Waals surface area contributed by atoms with Crippen molar-refractivity contribution in [3.8, 4) is 0 Å². The molecule has 1 atom stereocenters. The molecule has 0 aromatic heterocycles. The fourth-order valence-corrected chi connectivity index (χ4v) is 2.73. The van der Waals surface area contributed by atoms with Gasteiger partial charge < -0.3 is 16.2 Å². The summed E-state index contributed by atoms with van der Waals surface area (Å²) in [4.78, 5) is 28.6. The quantitative estimate of drug-likeness (QED) is 0.187. The van der Waals surface area contributed by atoms with Crippen molar-refractivity contribution in [1.29, 1.82) is 0 Å². The molecule has 0 amide bonds. The van der Waals surface area contributed by atoms with Crippen molar-refractivity contribution in [2.45, 2.75) is 83.2 Å². The number of hydrogen-bond acceptors (Lipinski definition) is 5. The number of carbonyl (C=O) groups excluding carboxylic acids is 1. The molecule has 0 radical (unpaired) electrons. The summed E-state index contributed by atoms with van der Waals surface area (Å²) in [5.74, 6) is -1.48. The van der Waals surface area contributed by atoms with E-state index in [2.05, 4.69) is 11.4 Å². The number of rotatable bonds is 14. The van der Waals surface area contributed by atoms with Crippen LogP contribution in [-0.4, -0.2) is 38.2 Å². The molecule has 0 saturated carbocycles. The van der Waals surface area contributed by atoms with Gasteiger partial charge in [0.05, 0.1) is 6.61 Å². The van der Waals surface area contributed by atoms with E-state index in [-0.39, 0.29) is 37.4 Å². The summed E-state index contributed by atoms with van der Waals surface area (Å²) in [6.45, 7) is 1.26. The first-order chi connectivity index (χ1) is 10.7. The maximum absolute atomic E-state index is 11.5. The minimum atomic E-state index is -5.02. The first-order valence-corrected chi connectivity index (χ1v) is 9.91. The molecule has 0 bridgehead atoms. The number of phosphoric acid groups is 1. The Bertz CT molecular complexity index is 381. The average Bonchev–Trinajstić information content (AvgIpc) is 2.47. The molecule has 4 N–H and O–H groups in total. The van der Waals surface area contributed by atoms with Gasteiger partial charge in [0, 0.05) is 0 Å². The van der Waals surface area contributed by atoms with E-state index in [0.29, 0.717) is 6.42 Å². The van der Waals surface area contributed by atoms with Crippen molar-refractivity contribution in [1.82, 2.24) is 0 Å². The fraction of sp³-hybridized carbons (Fsp3) is 0.933. The zero-order valence-electron chi connectivity index (χ0n) is 15.9. The van der Waals surface area contributed by atoms with Gasteiger partial charge in [-0.2, -0.15) is 0 Å². The summed E-state index contributed by atoms with van der Waals surface area (Å²) in [7, 11) is -5.02. The van der Waals surface area contributed by atoms with Gasteiger partial charge >= 0.3 is 43.3 Å². The molecule has 0 fully saturated rings. The van der Waals surface area contributed by atoms with E-state index in [1.54, 1.807) is 0 Å². The van der Waals surface area contributed by atoms with Crippen molar-refractivity contribution in [3.63, 3.8) is 0 Å². The standard InChI is InChI=1S/C15H31O7P.Na.H/c1-2-3-4-5-6-7-8-9-10-11-12-15(18,13-16)14(17)22-23(19,20)21;;/h16,18H,2-13H2,1H3,(H2,19,20,21);;/q;+1;-1. The number of phosphoric ester groups is 1. The average molecular weight is 378 g/mol. The van der Waals surface area contributed by atoms with Crippen LogP contribution in [0.15, 0.2) is 0 Å². The number of unbranched alkanes of at least 4 members (excludes halogenated alkanes) is 9. The Morgan fingerprint density at radius 3 is 1.79 bits per heavy atom. The fourth-order valence-electron chi connectivity index (χ4n) is 2.34. The molecule has 0 spiro atoms. The Balaban J connectivity index is -0.00000242. The van der Waals surface area contributed by atoms with Crippen molar-refractivity contribution in [2.24, 2.45) is 0 Å². The number of aliphatic hydroxyl groups is 2. The molecular formula is C15H32NaO7P. The van der Waals surface area contributed by atoms with Crippen LogP contribution >= 0.6 is 7.82 Å². The Morgan fingerprint density at radius 1 is 1.00 bits per heavy atom. The third-order valence-electron chi connectivity index (χ3n) is 3.79. The van der Waals surface area contributed by atoms with Crippen LogP contribution in [0.5, 0.6) is 0 Å². The van der Waals surface area contributed by atoms with Crippen LogP contribution in [0.2, 0.25) is 0 Å². The number of carbonyl (C=O) groups is 1. The van der Waals surface area contributed by atoms with E-state index in [0.717, 1.165) is 25.7 Å². The van der Waals surface area contributed by atoms with Crippen LogP contribution in [0, 0.1) is 0 Å². The van der Waals surface area contributed by atoms with Crippen LogP contribution in [0.3, 0.4) is 0 Å². The summed E-state index contributed by atoms with van der Waals surface area (Å²) in [5.41, 5.74) is -2.25. The van der Waals surface area contributed by atoms with Crippen LogP contribution in [0.1, 0.15) is 79.0 Å². The Labute approximate surface area is 168 Å². The molecule has 1 unspecified atom stereocenters. The maximum atomic E-state index is 11.5. The van der Waals surface area contributed by atoms with Gasteiger partial charge in [-0.25, -0.2) is 9.36 Å². The van der Waals surface area contributed by atoms with Gasteiger partial charge in [0.2, 0.25) is 0 Å². The Kier molecular flexibility index (Phi) is 16.4. The molecule has 0 rings (SSSR count).